The molecule has 2 N–H and O–H groups in total. The molecule has 2 aliphatic rings. The molecule has 1 aromatic carbocycles. The first-order valence-corrected chi connectivity index (χ1v) is 8.92. The van der Waals surface area contributed by atoms with Crippen LogP contribution in [0.1, 0.15) is 54.7 Å². The largest absolute Gasteiger partial charge is 0.376 e. The monoisotopic (exact) mass is 341 g/mol. The van der Waals surface area contributed by atoms with E-state index in [1.807, 2.05) is 37.3 Å². The van der Waals surface area contributed by atoms with Crippen molar-refractivity contribution >= 4 is 11.7 Å². The molecule has 2 atom stereocenters. The van der Waals surface area contributed by atoms with Crippen LogP contribution in [-0.4, -0.2) is 23.9 Å². The van der Waals surface area contributed by atoms with Crippen LogP contribution in [0.5, 0.6) is 0 Å². The van der Waals surface area contributed by atoms with Gasteiger partial charge in [0.05, 0.1) is 12.1 Å². The molecule has 2 heterocycles. The maximum Gasteiger partial charge on any atom is 0.319 e. The minimum atomic E-state index is -0.252. The lowest BCUT2D eigenvalue weighted by molar-refractivity contribution is 0.0815. The molecule has 6 heteroatoms. The van der Waals surface area contributed by atoms with Gasteiger partial charge in [-0.1, -0.05) is 35.5 Å². The Morgan fingerprint density at radius 2 is 2.04 bits per heavy atom. The van der Waals surface area contributed by atoms with Crippen LogP contribution in [0.4, 0.5) is 10.5 Å². The Bertz CT molecular complexity index is 734. The summed E-state index contributed by atoms with van der Waals surface area (Å²) in [7, 11) is 0. The summed E-state index contributed by atoms with van der Waals surface area (Å²) in [6, 6.07) is 9.54. The Morgan fingerprint density at radius 1 is 1.24 bits per heavy atom. The summed E-state index contributed by atoms with van der Waals surface area (Å²) >= 11 is 0. The highest BCUT2D eigenvalue weighted by atomic mass is 16.5. The molecule has 132 valence electrons. The lowest BCUT2D eigenvalue weighted by Gasteiger charge is -2.25. The highest BCUT2D eigenvalue weighted by Gasteiger charge is 2.33. The van der Waals surface area contributed by atoms with Crippen molar-refractivity contribution in [2.45, 2.75) is 50.7 Å². The molecule has 1 aliphatic carbocycles. The van der Waals surface area contributed by atoms with Crippen molar-refractivity contribution < 1.29 is 14.1 Å². The lowest BCUT2D eigenvalue weighted by Crippen LogP contribution is -2.38. The summed E-state index contributed by atoms with van der Waals surface area (Å²) in [5.41, 5.74) is 2.47. The maximum atomic E-state index is 12.7. The number of ether oxygens (including phenoxy) is 1. The van der Waals surface area contributed by atoms with Crippen molar-refractivity contribution in [3.8, 4) is 0 Å². The van der Waals surface area contributed by atoms with Crippen molar-refractivity contribution in [2.75, 3.05) is 11.9 Å². The van der Waals surface area contributed by atoms with E-state index >= 15 is 0 Å². The Morgan fingerprint density at radius 3 is 2.72 bits per heavy atom. The quantitative estimate of drug-likeness (QED) is 0.865. The van der Waals surface area contributed by atoms with Crippen molar-refractivity contribution in [1.82, 2.24) is 10.5 Å². The molecule has 2 aromatic rings. The molecule has 2 unspecified atom stereocenters. The van der Waals surface area contributed by atoms with E-state index in [9.17, 15) is 4.79 Å². The van der Waals surface area contributed by atoms with E-state index in [0.717, 1.165) is 43.6 Å². The Kier molecular flexibility index (Phi) is 4.44. The summed E-state index contributed by atoms with van der Waals surface area (Å²) < 4.78 is 11.2. The second kappa shape index (κ2) is 6.88. The SMILES string of the molecule is Cc1noc(C2CC2)c1NC(=O)NC(c1ccccc1)C1CCCO1. The topological polar surface area (TPSA) is 76.4 Å². The number of benzene rings is 1. The summed E-state index contributed by atoms with van der Waals surface area (Å²) in [6.07, 6.45) is 4.15. The standard InChI is InChI=1S/C19H23N3O3/c1-12-16(18(25-22-12)14-9-10-14)20-19(23)21-17(15-8-5-11-24-15)13-6-3-2-4-7-13/h2-4,6-7,14-15,17H,5,8-11H2,1H3,(H2,20,21,23). The highest BCUT2D eigenvalue weighted by Crippen LogP contribution is 2.44. The third-order valence-corrected chi connectivity index (χ3v) is 4.86. The molecule has 0 bridgehead atoms. The number of urea groups is 1. The molecule has 0 radical (unpaired) electrons. The van der Waals surface area contributed by atoms with Crippen LogP contribution in [0.25, 0.3) is 0 Å². The van der Waals surface area contributed by atoms with Gasteiger partial charge >= 0.3 is 6.03 Å². The van der Waals surface area contributed by atoms with E-state index in [4.69, 9.17) is 9.26 Å². The molecule has 0 spiro atoms. The molecule has 1 saturated carbocycles. The van der Waals surface area contributed by atoms with Crippen molar-refractivity contribution in [1.29, 1.82) is 0 Å². The maximum absolute atomic E-state index is 12.7. The minimum absolute atomic E-state index is 0.000348. The Labute approximate surface area is 146 Å². The van der Waals surface area contributed by atoms with Crippen LogP contribution in [0.2, 0.25) is 0 Å². The fourth-order valence-corrected chi connectivity index (χ4v) is 3.37. The molecular formula is C19H23N3O3. The van der Waals surface area contributed by atoms with Gasteiger partial charge in [-0.05, 0) is 38.2 Å². The first-order valence-electron chi connectivity index (χ1n) is 8.92. The van der Waals surface area contributed by atoms with Gasteiger partial charge in [-0.25, -0.2) is 4.79 Å². The molecule has 2 amide bonds. The second-order valence-corrected chi connectivity index (χ2v) is 6.82. The normalized spacial score (nSPS) is 21.1. The third-order valence-electron chi connectivity index (χ3n) is 4.86. The number of carbonyl (C=O) groups is 1. The van der Waals surface area contributed by atoms with Crippen LogP contribution < -0.4 is 10.6 Å². The second-order valence-electron chi connectivity index (χ2n) is 6.82. The third kappa shape index (κ3) is 3.54. The smallest absolute Gasteiger partial charge is 0.319 e. The van der Waals surface area contributed by atoms with E-state index < -0.39 is 0 Å². The summed E-state index contributed by atoms with van der Waals surface area (Å²) in [5, 5.41) is 10.0. The van der Waals surface area contributed by atoms with E-state index in [1.54, 1.807) is 0 Å². The number of aryl methyl sites for hydroxylation is 1. The minimum Gasteiger partial charge on any atom is -0.376 e. The number of carbonyl (C=O) groups excluding carboxylic acids is 1. The number of hydrogen-bond donors (Lipinski definition) is 2. The Balaban J connectivity index is 1.50. The van der Waals surface area contributed by atoms with Gasteiger partial charge in [0.1, 0.15) is 11.4 Å². The summed E-state index contributed by atoms with van der Waals surface area (Å²) in [4.78, 5) is 12.7. The van der Waals surface area contributed by atoms with Crippen molar-refractivity contribution in [2.24, 2.45) is 0 Å². The number of amides is 2. The number of nitrogens with one attached hydrogen (secondary N) is 2. The number of rotatable bonds is 5. The zero-order valence-electron chi connectivity index (χ0n) is 14.3. The van der Waals surface area contributed by atoms with E-state index in [1.165, 1.54) is 0 Å². The van der Waals surface area contributed by atoms with Crippen molar-refractivity contribution in [3.05, 3.63) is 47.3 Å². The predicted octanol–water partition coefficient (Wildman–Crippen LogP) is 3.90. The van der Waals surface area contributed by atoms with Crippen LogP contribution >= 0.6 is 0 Å². The van der Waals surface area contributed by atoms with Crippen LogP contribution in [0.3, 0.4) is 0 Å². The molecule has 25 heavy (non-hydrogen) atoms. The van der Waals surface area contributed by atoms with Crippen LogP contribution in [0.15, 0.2) is 34.9 Å². The molecule has 4 rings (SSSR count). The number of nitrogens with zero attached hydrogens (tertiary/aromatic N) is 1. The zero-order chi connectivity index (χ0) is 17.2. The summed E-state index contributed by atoms with van der Waals surface area (Å²) in [5.74, 6) is 1.18. The number of hydrogen-bond acceptors (Lipinski definition) is 4. The van der Waals surface area contributed by atoms with Gasteiger partial charge in [0, 0.05) is 12.5 Å². The fourth-order valence-electron chi connectivity index (χ4n) is 3.37. The fraction of sp³-hybridized carbons (Fsp3) is 0.474. The van der Waals surface area contributed by atoms with Gasteiger partial charge in [-0.15, -0.1) is 0 Å². The number of aromatic nitrogens is 1. The molecule has 2 fully saturated rings. The van der Waals surface area contributed by atoms with E-state index in [0.29, 0.717) is 17.3 Å². The Hall–Kier alpha value is -2.34. The van der Waals surface area contributed by atoms with Gasteiger partial charge in [-0.3, -0.25) is 0 Å². The van der Waals surface area contributed by atoms with Crippen LogP contribution in [-0.2, 0) is 4.74 Å². The van der Waals surface area contributed by atoms with Gasteiger partial charge in [0.15, 0.2) is 5.76 Å². The van der Waals surface area contributed by atoms with Gasteiger partial charge < -0.3 is 19.9 Å². The number of anilines is 1. The van der Waals surface area contributed by atoms with Gasteiger partial charge in [0.25, 0.3) is 0 Å². The lowest BCUT2D eigenvalue weighted by atomic mass is 9.99. The molecule has 6 nitrogen and oxygen atoms in total. The average Bonchev–Trinajstić information content (AvgIpc) is 3.20. The molecular weight excluding hydrogens is 318 g/mol. The van der Waals surface area contributed by atoms with Crippen molar-refractivity contribution in [3.63, 3.8) is 0 Å². The first-order chi connectivity index (χ1) is 12.2. The highest BCUT2D eigenvalue weighted by molar-refractivity contribution is 5.90. The average molecular weight is 341 g/mol. The van der Waals surface area contributed by atoms with Crippen LogP contribution in [0, 0.1) is 6.92 Å². The predicted molar refractivity (Wildman–Crippen MR) is 93.5 cm³/mol. The van der Waals surface area contributed by atoms with E-state index in [2.05, 4.69) is 15.8 Å². The molecule has 1 aromatic heterocycles. The van der Waals surface area contributed by atoms with Gasteiger partial charge in [-0.2, -0.15) is 0 Å². The molecule has 1 aliphatic heterocycles. The molecule has 1 saturated heterocycles. The van der Waals surface area contributed by atoms with Gasteiger partial charge in [0.2, 0.25) is 0 Å². The zero-order valence-corrected chi connectivity index (χ0v) is 14.3. The first kappa shape index (κ1) is 16.1. The summed E-state index contributed by atoms with van der Waals surface area (Å²) in [6.45, 7) is 2.59. The van der Waals surface area contributed by atoms with E-state index in [-0.39, 0.29) is 18.2 Å².